The highest BCUT2D eigenvalue weighted by molar-refractivity contribution is 6.01. The third-order valence-electron chi connectivity index (χ3n) is 2.34. The van der Waals surface area contributed by atoms with Gasteiger partial charge in [-0.2, -0.15) is 5.26 Å². The summed E-state index contributed by atoms with van der Waals surface area (Å²) in [5.41, 5.74) is 0.649. The van der Waals surface area contributed by atoms with E-state index in [4.69, 9.17) is 15.1 Å². The fourth-order valence-electron chi connectivity index (χ4n) is 1.46. The summed E-state index contributed by atoms with van der Waals surface area (Å²) in [6, 6.07) is 8.22. The van der Waals surface area contributed by atoms with Crippen LogP contribution in [0.2, 0.25) is 0 Å². The summed E-state index contributed by atoms with van der Waals surface area (Å²) in [4.78, 5) is 22.1. The Morgan fingerprint density at radius 1 is 1.38 bits per heavy atom. The number of benzene rings is 1. The summed E-state index contributed by atoms with van der Waals surface area (Å²) in [5, 5.41) is 20.1. The predicted molar refractivity (Wildman–Crippen MR) is 76.4 cm³/mol. The Bertz CT molecular complexity index is 583. The van der Waals surface area contributed by atoms with Crippen molar-refractivity contribution in [2.75, 3.05) is 6.61 Å². The quantitative estimate of drug-likeness (QED) is 0.611. The summed E-state index contributed by atoms with van der Waals surface area (Å²) in [5.74, 6) is -1.09. The molecule has 0 aliphatic heterocycles. The van der Waals surface area contributed by atoms with E-state index in [9.17, 15) is 9.59 Å². The molecule has 1 rings (SSSR count). The van der Waals surface area contributed by atoms with Crippen molar-refractivity contribution < 1.29 is 19.4 Å². The van der Waals surface area contributed by atoms with E-state index in [1.54, 1.807) is 24.3 Å². The van der Waals surface area contributed by atoms with Crippen LogP contribution in [-0.4, -0.2) is 29.6 Å². The minimum Gasteiger partial charge on any atom is -0.482 e. The Morgan fingerprint density at radius 2 is 2.00 bits per heavy atom. The first-order valence-electron chi connectivity index (χ1n) is 6.29. The molecule has 0 spiro atoms. The SMILES string of the molecule is CC(C)NC(=O)C(C#N)=Cc1ccc(OCC(=O)O)cc1. The minimum atomic E-state index is -1.06. The second kappa shape index (κ2) is 7.70. The van der Waals surface area contributed by atoms with Gasteiger partial charge in [-0.3, -0.25) is 4.79 Å². The van der Waals surface area contributed by atoms with Gasteiger partial charge in [-0.05, 0) is 37.6 Å². The number of carboxylic acid groups (broad SMARTS) is 1. The topological polar surface area (TPSA) is 99.4 Å². The van der Waals surface area contributed by atoms with Gasteiger partial charge in [-0.25, -0.2) is 4.79 Å². The van der Waals surface area contributed by atoms with Crippen LogP contribution in [-0.2, 0) is 9.59 Å². The summed E-state index contributed by atoms with van der Waals surface area (Å²) < 4.78 is 4.99. The minimum absolute atomic E-state index is 0.00269. The van der Waals surface area contributed by atoms with Crippen molar-refractivity contribution >= 4 is 18.0 Å². The fraction of sp³-hybridized carbons (Fsp3) is 0.267. The number of carbonyl (C=O) groups is 2. The Labute approximate surface area is 122 Å². The zero-order chi connectivity index (χ0) is 15.8. The van der Waals surface area contributed by atoms with Crippen LogP contribution >= 0.6 is 0 Å². The second-order valence-electron chi connectivity index (χ2n) is 4.55. The first-order chi connectivity index (χ1) is 9.92. The van der Waals surface area contributed by atoms with Gasteiger partial charge in [0.2, 0.25) is 0 Å². The molecule has 0 saturated heterocycles. The summed E-state index contributed by atoms with van der Waals surface area (Å²) in [6.45, 7) is 3.19. The van der Waals surface area contributed by atoms with E-state index in [1.165, 1.54) is 6.08 Å². The molecule has 0 aliphatic rings. The van der Waals surface area contributed by atoms with Crippen molar-refractivity contribution in [1.29, 1.82) is 5.26 Å². The molecule has 1 aromatic rings. The molecule has 0 saturated carbocycles. The van der Waals surface area contributed by atoms with E-state index in [2.05, 4.69) is 5.32 Å². The molecular weight excluding hydrogens is 272 g/mol. The predicted octanol–water partition coefficient (Wildman–Crippen LogP) is 1.58. The molecule has 21 heavy (non-hydrogen) atoms. The number of hydrogen-bond acceptors (Lipinski definition) is 4. The molecule has 6 nitrogen and oxygen atoms in total. The Hall–Kier alpha value is -2.81. The summed E-state index contributed by atoms with van der Waals surface area (Å²) in [7, 11) is 0. The van der Waals surface area contributed by atoms with Crippen molar-refractivity contribution in [2.24, 2.45) is 0 Å². The fourth-order valence-corrected chi connectivity index (χ4v) is 1.46. The maximum atomic E-state index is 11.7. The van der Waals surface area contributed by atoms with Gasteiger partial charge in [0.05, 0.1) is 0 Å². The van der Waals surface area contributed by atoms with Crippen LogP contribution in [0, 0.1) is 11.3 Å². The highest BCUT2D eigenvalue weighted by Gasteiger charge is 2.09. The van der Waals surface area contributed by atoms with Crippen LogP contribution in [0.25, 0.3) is 6.08 Å². The molecular formula is C15H16N2O4. The molecule has 6 heteroatoms. The molecule has 110 valence electrons. The maximum absolute atomic E-state index is 11.7. The normalized spacial score (nSPS) is 10.9. The van der Waals surface area contributed by atoms with Gasteiger partial charge < -0.3 is 15.2 Å². The molecule has 0 bridgehead atoms. The molecule has 1 amide bonds. The van der Waals surface area contributed by atoms with E-state index in [0.717, 1.165) is 0 Å². The first-order valence-corrected chi connectivity index (χ1v) is 6.29. The maximum Gasteiger partial charge on any atom is 0.341 e. The van der Waals surface area contributed by atoms with Crippen LogP contribution < -0.4 is 10.1 Å². The molecule has 0 aliphatic carbocycles. The highest BCUT2D eigenvalue weighted by Crippen LogP contribution is 2.14. The molecule has 1 aromatic carbocycles. The Morgan fingerprint density at radius 3 is 2.48 bits per heavy atom. The van der Waals surface area contributed by atoms with Gasteiger partial charge in [0.25, 0.3) is 5.91 Å². The van der Waals surface area contributed by atoms with Crippen LogP contribution in [0.5, 0.6) is 5.75 Å². The molecule has 0 heterocycles. The number of aliphatic carboxylic acids is 1. The van der Waals surface area contributed by atoms with E-state index in [1.807, 2.05) is 19.9 Å². The van der Waals surface area contributed by atoms with E-state index in [0.29, 0.717) is 11.3 Å². The third-order valence-corrected chi connectivity index (χ3v) is 2.34. The lowest BCUT2D eigenvalue weighted by atomic mass is 10.1. The van der Waals surface area contributed by atoms with Gasteiger partial charge >= 0.3 is 5.97 Å². The highest BCUT2D eigenvalue weighted by atomic mass is 16.5. The number of carboxylic acids is 1. The monoisotopic (exact) mass is 288 g/mol. The van der Waals surface area contributed by atoms with Gasteiger partial charge in [0, 0.05) is 6.04 Å². The van der Waals surface area contributed by atoms with E-state index < -0.39 is 18.5 Å². The zero-order valence-corrected chi connectivity index (χ0v) is 11.8. The Balaban J connectivity index is 2.80. The zero-order valence-electron chi connectivity index (χ0n) is 11.8. The van der Waals surface area contributed by atoms with Gasteiger partial charge in [0.15, 0.2) is 6.61 Å². The summed E-state index contributed by atoms with van der Waals surface area (Å²) >= 11 is 0. The lowest BCUT2D eigenvalue weighted by Gasteiger charge is -2.07. The lowest BCUT2D eigenvalue weighted by molar-refractivity contribution is -0.139. The number of nitriles is 1. The molecule has 0 fully saturated rings. The number of carbonyl (C=O) groups excluding carboxylic acids is 1. The van der Waals surface area contributed by atoms with E-state index >= 15 is 0 Å². The largest absolute Gasteiger partial charge is 0.482 e. The number of nitrogens with zero attached hydrogens (tertiary/aromatic N) is 1. The van der Waals surface area contributed by atoms with Crippen LogP contribution in [0.3, 0.4) is 0 Å². The smallest absolute Gasteiger partial charge is 0.341 e. The molecule has 0 radical (unpaired) electrons. The Kier molecular flexibility index (Phi) is 5.96. The average molecular weight is 288 g/mol. The van der Waals surface area contributed by atoms with Crippen LogP contribution in [0.15, 0.2) is 29.8 Å². The second-order valence-corrected chi connectivity index (χ2v) is 4.55. The van der Waals surface area contributed by atoms with Crippen LogP contribution in [0.4, 0.5) is 0 Å². The average Bonchev–Trinajstić information content (AvgIpc) is 2.42. The molecule has 0 unspecified atom stereocenters. The molecule has 2 N–H and O–H groups in total. The number of amides is 1. The van der Waals surface area contributed by atoms with E-state index in [-0.39, 0.29) is 11.6 Å². The van der Waals surface area contributed by atoms with Crippen molar-refractivity contribution in [3.63, 3.8) is 0 Å². The first kappa shape index (κ1) is 16.2. The van der Waals surface area contributed by atoms with Gasteiger partial charge in [-0.1, -0.05) is 12.1 Å². The lowest BCUT2D eigenvalue weighted by Crippen LogP contribution is -2.30. The number of rotatable bonds is 6. The third kappa shape index (κ3) is 5.78. The van der Waals surface area contributed by atoms with Crippen molar-refractivity contribution in [3.8, 4) is 11.8 Å². The summed E-state index contributed by atoms with van der Waals surface area (Å²) in [6.07, 6.45) is 1.46. The van der Waals surface area contributed by atoms with Gasteiger partial charge in [-0.15, -0.1) is 0 Å². The van der Waals surface area contributed by atoms with Crippen molar-refractivity contribution in [1.82, 2.24) is 5.32 Å². The molecule has 0 aromatic heterocycles. The van der Waals surface area contributed by atoms with Crippen molar-refractivity contribution in [3.05, 3.63) is 35.4 Å². The number of ether oxygens (including phenoxy) is 1. The van der Waals surface area contributed by atoms with Crippen molar-refractivity contribution in [2.45, 2.75) is 19.9 Å². The number of hydrogen-bond donors (Lipinski definition) is 2. The number of nitrogens with one attached hydrogen (secondary N) is 1. The van der Waals surface area contributed by atoms with Gasteiger partial charge in [0.1, 0.15) is 17.4 Å². The standard InChI is InChI=1S/C15H16N2O4/c1-10(2)17-15(20)12(8-16)7-11-3-5-13(6-4-11)21-9-14(18)19/h3-7,10H,9H2,1-2H3,(H,17,20)(H,18,19). The molecule has 0 atom stereocenters. The van der Waals surface area contributed by atoms with Crippen LogP contribution in [0.1, 0.15) is 19.4 Å².